The highest BCUT2D eigenvalue weighted by Gasteiger charge is 2.12. The lowest BCUT2D eigenvalue weighted by Crippen LogP contribution is -2.06. The minimum atomic E-state index is 0.703. The van der Waals surface area contributed by atoms with E-state index in [0.717, 1.165) is 38.2 Å². The zero-order valence-electron chi connectivity index (χ0n) is 11.7. The first-order chi connectivity index (χ1) is 9.56. The van der Waals surface area contributed by atoms with E-state index in [4.69, 9.17) is 4.74 Å². The van der Waals surface area contributed by atoms with E-state index in [0.29, 0.717) is 6.54 Å². The van der Waals surface area contributed by atoms with E-state index in [2.05, 4.69) is 49.2 Å². The molecule has 0 amide bonds. The molecule has 108 valence electrons. The van der Waals surface area contributed by atoms with Crippen molar-refractivity contribution in [1.29, 1.82) is 0 Å². The first kappa shape index (κ1) is 15.4. The van der Waals surface area contributed by atoms with E-state index in [9.17, 15) is 0 Å². The molecule has 1 aromatic carbocycles. The average Bonchev–Trinajstić information content (AvgIpc) is 2.72. The number of ether oxygens (including phenoxy) is 1. The van der Waals surface area contributed by atoms with Crippen molar-refractivity contribution >= 4 is 37.5 Å². The molecule has 6 heteroatoms. The highest BCUT2D eigenvalue weighted by molar-refractivity contribution is 9.10. The number of nitrogens with zero attached hydrogens (tertiary/aromatic N) is 2. The number of methoxy groups -OCH3 is 1. The van der Waals surface area contributed by atoms with Crippen LogP contribution in [-0.4, -0.2) is 16.9 Å². The minimum Gasteiger partial charge on any atom is -0.495 e. The summed E-state index contributed by atoms with van der Waals surface area (Å²) >= 11 is 7.07. The summed E-state index contributed by atoms with van der Waals surface area (Å²) in [5, 5.41) is 7.88. The van der Waals surface area contributed by atoms with Crippen molar-refractivity contribution in [3.8, 4) is 5.75 Å². The molecule has 4 nitrogen and oxygen atoms in total. The van der Waals surface area contributed by atoms with Gasteiger partial charge in [0.2, 0.25) is 0 Å². The van der Waals surface area contributed by atoms with Crippen LogP contribution >= 0.6 is 31.9 Å². The van der Waals surface area contributed by atoms with Gasteiger partial charge in [0.1, 0.15) is 5.75 Å². The molecule has 0 saturated heterocycles. The van der Waals surface area contributed by atoms with Crippen molar-refractivity contribution < 1.29 is 4.74 Å². The largest absolute Gasteiger partial charge is 0.495 e. The second-order valence-corrected chi connectivity index (χ2v) is 6.03. The van der Waals surface area contributed by atoms with Crippen LogP contribution in [0.25, 0.3) is 0 Å². The number of aryl methyl sites for hydroxylation is 2. The van der Waals surface area contributed by atoms with Gasteiger partial charge >= 0.3 is 0 Å². The first-order valence-corrected chi connectivity index (χ1v) is 7.93. The van der Waals surface area contributed by atoms with E-state index in [1.54, 1.807) is 7.11 Å². The predicted molar refractivity (Wildman–Crippen MR) is 88.3 cm³/mol. The fourth-order valence-corrected chi connectivity index (χ4v) is 3.13. The Labute approximate surface area is 135 Å². The molecule has 0 radical (unpaired) electrons. The minimum absolute atomic E-state index is 0.703. The monoisotopic (exact) mass is 401 g/mol. The second kappa shape index (κ2) is 6.63. The van der Waals surface area contributed by atoms with E-state index in [1.807, 2.05) is 29.9 Å². The second-order valence-electron chi connectivity index (χ2n) is 4.39. The van der Waals surface area contributed by atoms with Crippen LogP contribution in [0.5, 0.6) is 5.75 Å². The molecule has 0 aliphatic rings. The lowest BCUT2D eigenvalue weighted by atomic mass is 10.2. The summed E-state index contributed by atoms with van der Waals surface area (Å²) in [7, 11) is 3.62. The van der Waals surface area contributed by atoms with Crippen LogP contribution in [0.4, 0.5) is 5.69 Å². The number of rotatable bonds is 5. The number of benzene rings is 1. The number of nitrogens with one attached hydrogen (secondary N) is 1. The number of hydrogen-bond acceptors (Lipinski definition) is 3. The van der Waals surface area contributed by atoms with E-state index in [-0.39, 0.29) is 0 Å². The van der Waals surface area contributed by atoms with Crippen molar-refractivity contribution in [2.45, 2.75) is 19.9 Å². The zero-order valence-corrected chi connectivity index (χ0v) is 14.9. The maximum Gasteiger partial charge on any atom is 0.135 e. The van der Waals surface area contributed by atoms with Gasteiger partial charge in [-0.25, -0.2) is 0 Å². The van der Waals surface area contributed by atoms with Crippen molar-refractivity contribution in [2.24, 2.45) is 7.05 Å². The quantitative estimate of drug-likeness (QED) is 0.817. The lowest BCUT2D eigenvalue weighted by molar-refractivity contribution is 0.412. The molecule has 0 saturated carbocycles. The molecule has 0 aliphatic carbocycles. The molecule has 1 heterocycles. The average molecular weight is 403 g/mol. The normalized spacial score (nSPS) is 10.7. The summed E-state index contributed by atoms with van der Waals surface area (Å²) < 4.78 is 9.23. The van der Waals surface area contributed by atoms with Gasteiger partial charge in [-0.2, -0.15) is 5.10 Å². The molecule has 0 bridgehead atoms. The molecule has 2 rings (SSSR count). The van der Waals surface area contributed by atoms with Gasteiger partial charge in [-0.1, -0.05) is 6.92 Å². The Morgan fingerprint density at radius 2 is 2.10 bits per heavy atom. The maximum atomic E-state index is 5.29. The van der Waals surface area contributed by atoms with Crippen molar-refractivity contribution in [3.05, 3.63) is 38.5 Å². The third-order valence-electron chi connectivity index (χ3n) is 3.11. The molecule has 1 N–H and O–H groups in total. The summed E-state index contributed by atoms with van der Waals surface area (Å²) in [6.07, 6.45) is 0.917. The SMILES string of the molecule is CCc1nn(C)c(CNc2ccc(Br)c(OC)c2)c1Br. The summed E-state index contributed by atoms with van der Waals surface area (Å²) in [6, 6.07) is 5.95. The Hall–Kier alpha value is -1.01. The van der Waals surface area contributed by atoms with Crippen LogP contribution in [0.3, 0.4) is 0 Å². The third-order valence-corrected chi connectivity index (χ3v) is 4.68. The zero-order chi connectivity index (χ0) is 14.7. The summed E-state index contributed by atoms with van der Waals surface area (Å²) in [5.41, 5.74) is 3.22. The molecule has 0 spiro atoms. The first-order valence-electron chi connectivity index (χ1n) is 6.34. The van der Waals surface area contributed by atoms with E-state index in [1.165, 1.54) is 0 Å². The molecular weight excluding hydrogens is 386 g/mol. The van der Waals surface area contributed by atoms with Gasteiger partial charge in [-0.3, -0.25) is 4.68 Å². The Balaban J connectivity index is 2.15. The summed E-state index contributed by atoms with van der Waals surface area (Å²) in [4.78, 5) is 0. The van der Waals surface area contributed by atoms with Gasteiger partial charge < -0.3 is 10.1 Å². The fourth-order valence-electron chi connectivity index (χ4n) is 1.97. The van der Waals surface area contributed by atoms with Gasteiger partial charge in [0.25, 0.3) is 0 Å². The van der Waals surface area contributed by atoms with E-state index < -0.39 is 0 Å². The van der Waals surface area contributed by atoms with Crippen LogP contribution in [0.2, 0.25) is 0 Å². The molecular formula is C14H17Br2N3O. The topological polar surface area (TPSA) is 39.1 Å². The van der Waals surface area contributed by atoms with Gasteiger partial charge in [-0.05, 0) is 50.4 Å². The van der Waals surface area contributed by atoms with Gasteiger partial charge in [0, 0.05) is 18.8 Å². The summed E-state index contributed by atoms with van der Waals surface area (Å²) in [5.74, 6) is 0.813. The van der Waals surface area contributed by atoms with Crippen LogP contribution in [-0.2, 0) is 20.0 Å². The fraction of sp³-hybridized carbons (Fsp3) is 0.357. The molecule has 0 fully saturated rings. The molecule has 20 heavy (non-hydrogen) atoms. The van der Waals surface area contributed by atoms with Crippen LogP contribution in [0, 0.1) is 0 Å². The molecule has 2 aromatic rings. The van der Waals surface area contributed by atoms with Crippen LogP contribution in [0.15, 0.2) is 27.1 Å². The van der Waals surface area contributed by atoms with Crippen molar-refractivity contribution in [1.82, 2.24) is 9.78 Å². The Morgan fingerprint density at radius 1 is 1.35 bits per heavy atom. The Bertz CT molecular complexity index is 611. The summed E-state index contributed by atoms with van der Waals surface area (Å²) in [6.45, 7) is 2.80. The maximum absolute atomic E-state index is 5.29. The number of hydrogen-bond donors (Lipinski definition) is 1. The Morgan fingerprint density at radius 3 is 2.70 bits per heavy atom. The highest BCUT2D eigenvalue weighted by Crippen LogP contribution is 2.28. The molecule has 0 aliphatic heterocycles. The number of halogens is 2. The van der Waals surface area contributed by atoms with Crippen molar-refractivity contribution in [3.63, 3.8) is 0 Å². The van der Waals surface area contributed by atoms with E-state index >= 15 is 0 Å². The predicted octanol–water partition coefficient (Wildman–Crippen LogP) is 4.13. The van der Waals surface area contributed by atoms with Gasteiger partial charge in [-0.15, -0.1) is 0 Å². The lowest BCUT2D eigenvalue weighted by Gasteiger charge is -2.10. The van der Waals surface area contributed by atoms with Gasteiger partial charge in [0.15, 0.2) is 0 Å². The van der Waals surface area contributed by atoms with Gasteiger partial charge in [0.05, 0.1) is 34.0 Å². The van der Waals surface area contributed by atoms with Crippen molar-refractivity contribution in [2.75, 3.05) is 12.4 Å². The van der Waals surface area contributed by atoms with Crippen LogP contribution in [0.1, 0.15) is 18.3 Å². The highest BCUT2D eigenvalue weighted by atomic mass is 79.9. The third kappa shape index (κ3) is 3.17. The Kier molecular flexibility index (Phi) is 5.10. The number of anilines is 1. The molecule has 0 unspecified atom stereocenters. The molecule has 0 atom stereocenters. The number of aromatic nitrogens is 2. The smallest absolute Gasteiger partial charge is 0.135 e. The molecule has 1 aromatic heterocycles. The van der Waals surface area contributed by atoms with Crippen LogP contribution < -0.4 is 10.1 Å². The standard InChI is InChI=1S/C14H17Br2N3O/c1-4-11-14(16)12(19(2)18-11)8-17-9-5-6-10(15)13(7-9)20-3/h5-7,17H,4,8H2,1-3H3.